The zero-order valence-corrected chi connectivity index (χ0v) is 6.79. The highest BCUT2D eigenvalue weighted by Gasteiger charge is 2.28. The van der Waals surface area contributed by atoms with E-state index in [4.69, 9.17) is 11.5 Å². The van der Waals surface area contributed by atoms with Gasteiger partial charge in [-0.15, -0.1) is 0 Å². The number of carbonyl (C=O) groups is 1. The van der Waals surface area contributed by atoms with E-state index in [0.717, 1.165) is 13.0 Å². The highest BCUT2D eigenvalue weighted by atomic mass is 16.1. The predicted molar refractivity (Wildman–Crippen MR) is 42.8 cm³/mol. The molecule has 0 aromatic heterocycles. The first kappa shape index (κ1) is 8.49. The van der Waals surface area contributed by atoms with Gasteiger partial charge in [-0.05, 0) is 20.0 Å². The van der Waals surface area contributed by atoms with E-state index in [1.165, 1.54) is 0 Å². The van der Waals surface area contributed by atoms with Crippen molar-refractivity contribution in [3.05, 3.63) is 0 Å². The molecule has 4 N–H and O–H groups in total. The minimum absolute atomic E-state index is 0.0382. The molecule has 0 bridgehead atoms. The average molecular weight is 157 g/mol. The van der Waals surface area contributed by atoms with E-state index in [9.17, 15) is 4.79 Å². The van der Waals surface area contributed by atoms with Gasteiger partial charge in [0.1, 0.15) is 0 Å². The van der Waals surface area contributed by atoms with Crippen molar-refractivity contribution in [3.63, 3.8) is 0 Å². The fourth-order valence-corrected chi connectivity index (χ4v) is 1.43. The molecule has 4 nitrogen and oxygen atoms in total. The maximum Gasteiger partial charge on any atom is 0.223 e. The van der Waals surface area contributed by atoms with Gasteiger partial charge in [0.15, 0.2) is 0 Å². The van der Waals surface area contributed by atoms with Gasteiger partial charge in [0, 0.05) is 12.6 Å². The van der Waals surface area contributed by atoms with E-state index in [-0.39, 0.29) is 17.9 Å². The quantitative estimate of drug-likeness (QED) is 0.499. The summed E-state index contributed by atoms with van der Waals surface area (Å²) >= 11 is 0. The Labute approximate surface area is 66.5 Å². The molecule has 1 saturated heterocycles. The first-order valence-corrected chi connectivity index (χ1v) is 3.84. The van der Waals surface area contributed by atoms with E-state index in [1.807, 2.05) is 7.05 Å². The Bertz CT molecular complexity index is 160. The van der Waals surface area contributed by atoms with Crippen LogP contribution in [0.5, 0.6) is 0 Å². The molecule has 0 aliphatic carbocycles. The SMILES string of the molecule is CN1CC[C@H](N)[C@@H](C(N)=O)C1. The van der Waals surface area contributed by atoms with Crippen LogP contribution in [0.15, 0.2) is 0 Å². The number of piperidine rings is 1. The molecule has 1 rings (SSSR count). The zero-order chi connectivity index (χ0) is 8.43. The van der Waals surface area contributed by atoms with Gasteiger partial charge in [-0.2, -0.15) is 0 Å². The lowest BCUT2D eigenvalue weighted by Crippen LogP contribution is -2.50. The van der Waals surface area contributed by atoms with E-state index in [0.29, 0.717) is 6.54 Å². The van der Waals surface area contributed by atoms with Crippen LogP contribution < -0.4 is 11.5 Å². The number of nitrogens with two attached hydrogens (primary N) is 2. The van der Waals surface area contributed by atoms with Crippen LogP contribution in [0.1, 0.15) is 6.42 Å². The van der Waals surface area contributed by atoms with Crippen molar-refractivity contribution in [1.29, 1.82) is 0 Å². The summed E-state index contributed by atoms with van der Waals surface area (Å²) in [6.45, 7) is 1.67. The van der Waals surface area contributed by atoms with Gasteiger partial charge >= 0.3 is 0 Å². The van der Waals surface area contributed by atoms with Gasteiger partial charge in [-0.1, -0.05) is 0 Å². The lowest BCUT2D eigenvalue weighted by atomic mass is 9.93. The van der Waals surface area contributed by atoms with Crippen molar-refractivity contribution in [2.75, 3.05) is 20.1 Å². The molecule has 0 aromatic rings. The summed E-state index contributed by atoms with van der Waals surface area (Å²) in [6, 6.07) is -0.0382. The van der Waals surface area contributed by atoms with Crippen molar-refractivity contribution >= 4 is 5.91 Å². The fraction of sp³-hybridized carbons (Fsp3) is 0.857. The molecule has 11 heavy (non-hydrogen) atoms. The number of amides is 1. The zero-order valence-electron chi connectivity index (χ0n) is 6.79. The minimum Gasteiger partial charge on any atom is -0.369 e. The summed E-state index contributed by atoms with van der Waals surface area (Å²) in [5.41, 5.74) is 10.9. The topological polar surface area (TPSA) is 72.3 Å². The lowest BCUT2D eigenvalue weighted by Gasteiger charge is -2.32. The first-order chi connectivity index (χ1) is 5.11. The Morgan fingerprint density at radius 2 is 2.27 bits per heavy atom. The van der Waals surface area contributed by atoms with Crippen LogP contribution in [0, 0.1) is 5.92 Å². The summed E-state index contributed by atoms with van der Waals surface area (Å²) < 4.78 is 0. The standard InChI is InChI=1S/C7H15N3O/c1-10-3-2-6(8)5(4-10)7(9)11/h5-6H,2-4,8H2,1H3,(H2,9,11)/t5-,6-/m0/s1. The Morgan fingerprint density at radius 1 is 1.64 bits per heavy atom. The number of hydrogen-bond acceptors (Lipinski definition) is 3. The van der Waals surface area contributed by atoms with Crippen LogP contribution in [0.25, 0.3) is 0 Å². The largest absolute Gasteiger partial charge is 0.369 e. The van der Waals surface area contributed by atoms with Gasteiger partial charge in [0.25, 0.3) is 0 Å². The Kier molecular flexibility index (Phi) is 2.46. The van der Waals surface area contributed by atoms with Crippen molar-refractivity contribution in [2.45, 2.75) is 12.5 Å². The number of rotatable bonds is 1. The first-order valence-electron chi connectivity index (χ1n) is 3.84. The van der Waals surface area contributed by atoms with Crippen LogP contribution >= 0.6 is 0 Å². The summed E-state index contributed by atoms with van der Waals surface area (Å²) in [6.07, 6.45) is 0.865. The van der Waals surface area contributed by atoms with Crippen LogP contribution in [-0.4, -0.2) is 37.0 Å². The molecule has 0 saturated carbocycles. The molecular weight excluding hydrogens is 142 g/mol. The second-order valence-corrected chi connectivity index (χ2v) is 3.22. The second kappa shape index (κ2) is 3.19. The van der Waals surface area contributed by atoms with Crippen LogP contribution in [0.2, 0.25) is 0 Å². The molecular formula is C7H15N3O. The Morgan fingerprint density at radius 3 is 2.73 bits per heavy atom. The van der Waals surface area contributed by atoms with E-state index in [1.54, 1.807) is 0 Å². The van der Waals surface area contributed by atoms with Crippen molar-refractivity contribution in [1.82, 2.24) is 4.90 Å². The van der Waals surface area contributed by atoms with Gasteiger partial charge in [-0.3, -0.25) is 4.79 Å². The maximum absolute atomic E-state index is 10.8. The van der Waals surface area contributed by atoms with Gasteiger partial charge < -0.3 is 16.4 Å². The number of carbonyl (C=O) groups excluding carboxylic acids is 1. The van der Waals surface area contributed by atoms with Crippen molar-refractivity contribution in [2.24, 2.45) is 17.4 Å². The third-order valence-electron chi connectivity index (χ3n) is 2.23. The molecule has 0 aromatic carbocycles. The Balaban J connectivity index is 2.54. The minimum atomic E-state index is -0.274. The molecule has 1 heterocycles. The lowest BCUT2D eigenvalue weighted by molar-refractivity contribution is -0.123. The monoisotopic (exact) mass is 157 g/mol. The van der Waals surface area contributed by atoms with E-state index < -0.39 is 0 Å². The molecule has 1 fully saturated rings. The van der Waals surface area contributed by atoms with Gasteiger partial charge in [-0.25, -0.2) is 0 Å². The fourth-order valence-electron chi connectivity index (χ4n) is 1.43. The molecule has 1 aliphatic rings. The van der Waals surface area contributed by atoms with Crippen LogP contribution in [0.3, 0.4) is 0 Å². The smallest absolute Gasteiger partial charge is 0.223 e. The predicted octanol–water partition coefficient (Wildman–Crippen LogP) is -1.25. The van der Waals surface area contributed by atoms with Crippen LogP contribution in [-0.2, 0) is 4.79 Å². The van der Waals surface area contributed by atoms with E-state index >= 15 is 0 Å². The molecule has 1 aliphatic heterocycles. The average Bonchev–Trinajstić information content (AvgIpc) is 1.94. The summed E-state index contributed by atoms with van der Waals surface area (Å²) in [5.74, 6) is -0.433. The second-order valence-electron chi connectivity index (χ2n) is 3.22. The normalized spacial score (nSPS) is 33.6. The van der Waals surface area contributed by atoms with Gasteiger partial charge in [0.05, 0.1) is 5.92 Å². The maximum atomic E-state index is 10.8. The number of primary amides is 1. The van der Waals surface area contributed by atoms with Crippen LogP contribution in [0.4, 0.5) is 0 Å². The molecule has 0 spiro atoms. The molecule has 1 amide bonds. The molecule has 0 unspecified atom stereocenters. The number of nitrogens with zero attached hydrogens (tertiary/aromatic N) is 1. The summed E-state index contributed by atoms with van der Waals surface area (Å²) in [7, 11) is 1.97. The van der Waals surface area contributed by atoms with Crippen molar-refractivity contribution < 1.29 is 4.79 Å². The summed E-state index contributed by atoms with van der Waals surface area (Å²) in [5, 5.41) is 0. The number of hydrogen-bond donors (Lipinski definition) is 2. The number of likely N-dealkylation sites (tertiary alicyclic amines) is 1. The highest BCUT2D eigenvalue weighted by Crippen LogP contribution is 2.13. The van der Waals surface area contributed by atoms with Gasteiger partial charge in [0.2, 0.25) is 5.91 Å². The highest BCUT2D eigenvalue weighted by molar-refractivity contribution is 5.77. The molecule has 0 radical (unpaired) electrons. The summed E-state index contributed by atoms with van der Waals surface area (Å²) in [4.78, 5) is 12.9. The third kappa shape index (κ3) is 1.91. The van der Waals surface area contributed by atoms with Crippen molar-refractivity contribution in [3.8, 4) is 0 Å². The third-order valence-corrected chi connectivity index (χ3v) is 2.23. The molecule has 64 valence electrons. The molecule has 2 atom stereocenters. The Hall–Kier alpha value is -0.610. The molecule has 4 heteroatoms. The van der Waals surface area contributed by atoms with E-state index in [2.05, 4.69) is 4.90 Å².